The molecule has 1 aromatic rings. The summed E-state index contributed by atoms with van der Waals surface area (Å²) >= 11 is 13.9. The highest BCUT2D eigenvalue weighted by molar-refractivity contribution is 7.99. The highest BCUT2D eigenvalue weighted by atomic mass is 35.5. The number of aryl methyl sites for hydroxylation is 1. The first-order valence-electron chi connectivity index (χ1n) is 7.55. The Balaban J connectivity index is 1.59. The molecule has 1 heterocycles. The standard InChI is InChI=1S/C16H21Cl2NO2S/c17-13-3-1-12(15(18)11-13)2-4-16(20)19-7-10-22-14-5-8-21-9-6-14/h1,3,11,14H,2,4-10H2,(H,19,20). The smallest absolute Gasteiger partial charge is 0.220 e. The van der Waals surface area contributed by atoms with Crippen LogP contribution in [0.2, 0.25) is 10.0 Å². The molecule has 122 valence electrons. The number of amides is 1. The summed E-state index contributed by atoms with van der Waals surface area (Å²) in [4.78, 5) is 11.8. The largest absolute Gasteiger partial charge is 0.381 e. The minimum absolute atomic E-state index is 0.0681. The molecule has 1 aliphatic rings. The molecule has 1 aromatic carbocycles. The summed E-state index contributed by atoms with van der Waals surface area (Å²) in [6, 6.07) is 5.38. The van der Waals surface area contributed by atoms with Gasteiger partial charge in [0.05, 0.1) is 0 Å². The highest BCUT2D eigenvalue weighted by Crippen LogP contribution is 2.22. The maximum atomic E-state index is 11.8. The Morgan fingerprint density at radius 2 is 2.09 bits per heavy atom. The molecule has 6 heteroatoms. The van der Waals surface area contributed by atoms with Crippen molar-refractivity contribution in [2.75, 3.05) is 25.5 Å². The van der Waals surface area contributed by atoms with Crippen molar-refractivity contribution in [3.05, 3.63) is 33.8 Å². The van der Waals surface area contributed by atoms with Crippen molar-refractivity contribution in [2.24, 2.45) is 0 Å². The van der Waals surface area contributed by atoms with Crippen LogP contribution in [0.1, 0.15) is 24.8 Å². The molecular weight excluding hydrogens is 341 g/mol. The van der Waals surface area contributed by atoms with Crippen molar-refractivity contribution in [3.8, 4) is 0 Å². The molecule has 1 saturated heterocycles. The minimum Gasteiger partial charge on any atom is -0.381 e. The maximum absolute atomic E-state index is 11.8. The first-order chi connectivity index (χ1) is 10.6. The quantitative estimate of drug-likeness (QED) is 0.747. The monoisotopic (exact) mass is 361 g/mol. The Morgan fingerprint density at radius 1 is 1.32 bits per heavy atom. The lowest BCUT2D eigenvalue weighted by atomic mass is 10.1. The molecule has 0 spiro atoms. The number of hydrogen-bond acceptors (Lipinski definition) is 3. The molecular formula is C16H21Cl2NO2S. The minimum atomic E-state index is 0.0681. The fourth-order valence-corrected chi connectivity index (χ4v) is 3.90. The van der Waals surface area contributed by atoms with Gasteiger partial charge in [0, 0.05) is 47.2 Å². The first kappa shape index (κ1) is 17.9. The van der Waals surface area contributed by atoms with Crippen LogP contribution in [-0.2, 0) is 16.0 Å². The third-order valence-corrected chi connectivity index (χ3v) is 5.55. The van der Waals surface area contributed by atoms with Crippen LogP contribution in [-0.4, -0.2) is 36.7 Å². The van der Waals surface area contributed by atoms with E-state index in [1.807, 2.05) is 17.8 Å². The first-order valence-corrected chi connectivity index (χ1v) is 9.35. The van der Waals surface area contributed by atoms with Gasteiger partial charge in [-0.3, -0.25) is 4.79 Å². The molecule has 0 radical (unpaired) electrons. The van der Waals surface area contributed by atoms with E-state index in [0.717, 1.165) is 43.9 Å². The van der Waals surface area contributed by atoms with Crippen molar-refractivity contribution in [1.82, 2.24) is 5.32 Å². The Morgan fingerprint density at radius 3 is 2.82 bits per heavy atom. The zero-order valence-electron chi connectivity index (χ0n) is 12.4. The molecule has 0 unspecified atom stereocenters. The van der Waals surface area contributed by atoms with Crippen LogP contribution in [0.15, 0.2) is 18.2 Å². The van der Waals surface area contributed by atoms with Crippen molar-refractivity contribution in [2.45, 2.75) is 30.9 Å². The van der Waals surface area contributed by atoms with Crippen molar-refractivity contribution in [3.63, 3.8) is 0 Å². The SMILES string of the molecule is O=C(CCc1ccc(Cl)cc1Cl)NCCSC1CCOCC1. The van der Waals surface area contributed by atoms with E-state index in [0.29, 0.717) is 28.1 Å². The number of thioether (sulfide) groups is 1. The van der Waals surface area contributed by atoms with Crippen molar-refractivity contribution in [1.29, 1.82) is 0 Å². The van der Waals surface area contributed by atoms with E-state index in [1.54, 1.807) is 12.1 Å². The second-order valence-corrected chi connectivity index (χ2v) is 7.52. The molecule has 0 aromatic heterocycles. The molecule has 0 saturated carbocycles. The summed E-state index contributed by atoms with van der Waals surface area (Å²) < 4.78 is 5.33. The third-order valence-electron chi connectivity index (χ3n) is 3.58. The van der Waals surface area contributed by atoms with E-state index in [1.165, 1.54) is 0 Å². The Bertz CT molecular complexity index is 493. The van der Waals surface area contributed by atoms with Gasteiger partial charge in [0.15, 0.2) is 0 Å². The van der Waals surface area contributed by atoms with Crippen LogP contribution in [0.5, 0.6) is 0 Å². The van der Waals surface area contributed by atoms with Crippen molar-refractivity contribution >= 4 is 40.9 Å². The zero-order chi connectivity index (χ0) is 15.8. The molecule has 1 amide bonds. The van der Waals surface area contributed by atoms with E-state index in [-0.39, 0.29) is 5.91 Å². The number of halogens is 2. The second-order valence-electron chi connectivity index (χ2n) is 5.27. The van der Waals surface area contributed by atoms with Crippen molar-refractivity contribution < 1.29 is 9.53 Å². The number of ether oxygens (including phenoxy) is 1. The molecule has 1 fully saturated rings. The van der Waals surface area contributed by atoms with Crippen LogP contribution in [0.4, 0.5) is 0 Å². The summed E-state index contributed by atoms with van der Waals surface area (Å²) in [5.74, 6) is 1.02. The lowest BCUT2D eigenvalue weighted by molar-refractivity contribution is -0.120. The molecule has 22 heavy (non-hydrogen) atoms. The summed E-state index contributed by atoms with van der Waals surface area (Å²) in [6.45, 7) is 2.45. The second kappa shape index (κ2) is 9.66. The van der Waals surface area contributed by atoms with Gasteiger partial charge in [0.25, 0.3) is 0 Å². The number of rotatable bonds is 7. The van der Waals surface area contributed by atoms with E-state index in [9.17, 15) is 4.79 Å². The molecule has 0 bridgehead atoms. The Kier molecular flexibility index (Phi) is 7.87. The fraction of sp³-hybridized carbons (Fsp3) is 0.562. The molecule has 3 nitrogen and oxygen atoms in total. The van der Waals surface area contributed by atoms with Gasteiger partial charge in [-0.1, -0.05) is 29.3 Å². The molecule has 0 aliphatic carbocycles. The predicted molar refractivity (Wildman–Crippen MR) is 94.1 cm³/mol. The summed E-state index contributed by atoms with van der Waals surface area (Å²) in [5, 5.41) is 4.88. The van der Waals surface area contributed by atoms with Crippen LogP contribution in [0.25, 0.3) is 0 Å². The van der Waals surface area contributed by atoms with Crippen LogP contribution < -0.4 is 5.32 Å². The van der Waals surface area contributed by atoms with Gasteiger partial charge < -0.3 is 10.1 Å². The number of carbonyl (C=O) groups is 1. The van der Waals surface area contributed by atoms with E-state index >= 15 is 0 Å². The number of benzene rings is 1. The van der Waals surface area contributed by atoms with Gasteiger partial charge in [-0.2, -0.15) is 11.8 Å². The van der Waals surface area contributed by atoms with Gasteiger partial charge in [-0.05, 0) is 37.0 Å². The average molecular weight is 362 g/mol. The highest BCUT2D eigenvalue weighted by Gasteiger charge is 2.13. The van der Waals surface area contributed by atoms with Crippen LogP contribution in [0.3, 0.4) is 0 Å². The predicted octanol–water partition coefficient (Wildman–Crippen LogP) is 3.95. The summed E-state index contributed by atoms with van der Waals surface area (Å²) in [7, 11) is 0. The molecule has 2 rings (SSSR count). The number of nitrogens with one attached hydrogen (secondary N) is 1. The van der Waals surface area contributed by atoms with Crippen LogP contribution >= 0.6 is 35.0 Å². The van der Waals surface area contributed by atoms with Gasteiger partial charge in [0.1, 0.15) is 0 Å². The van der Waals surface area contributed by atoms with Crippen LogP contribution in [0, 0.1) is 0 Å². The zero-order valence-corrected chi connectivity index (χ0v) is 14.8. The average Bonchev–Trinajstić information content (AvgIpc) is 2.52. The molecule has 1 N–H and O–H groups in total. The normalized spacial score (nSPS) is 15.7. The maximum Gasteiger partial charge on any atom is 0.220 e. The topological polar surface area (TPSA) is 38.3 Å². The summed E-state index contributed by atoms with van der Waals surface area (Å²) in [5.41, 5.74) is 0.956. The van der Waals surface area contributed by atoms with Gasteiger partial charge in [0.2, 0.25) is 5.91 Å². The molecule has 0 atom stereocenters. The number of carbonyl (C=O) groups excluding carboxylic acids is 1. The van der Waals surface area contributed by atoms with Gasteiger partial charge in [-0.15, -0.1) is 0 Å². The summed E-state index contributed by atoms with van der Waals surface area (Å²) in [6.07, 6.45) is 3.32. The van der Waals surface area contributed by atoms with E-state index in [2.05, 4.69) is 5.32 Å². The van der Waals surface area contributed by atoms with Gasteiger partial charge in [-0.25, -0.2) is 0 Å². The van der Waals surface area contributed by atoms with E-state index < -0.39 is 0 Å². The van der Waals surface area contributed by atoms with E-state index in [4.69, 9.17) is 27.9 Å². The lowest BCUT2D eigenvalue weighted by Crippen LogP contribution is -2.27. The molecule has 1 aliphatic heterocycles. The lowest BCUT2D eigenvalue weighted by Gasteiger charge is -2.21. The Labute approximate surface area is 146 Å². The third kappa shape index (κ3) is 6.37. The Hall–Kier alpha value is -0.420. The van der Waals surface area contributed by atoms with Gasteiger partial charge >= 0.3 is 0 Å². The number of hydrogen-bond donors (Lipinski definition) is 1. The fourth-order valence-electron chi connectivity index (χ4n) is 2.32.